The first-order valence-electron chi connectivity index (χ1n) is 9.50. The van der Waals surface area contributed by atoms with Crippen molar-refractivity contribution in [2.45, 2.75) is 25.8 Å². The number of likely N-dealkylation sites (tertiary alicyclic amines) is 1. The Morgan fingerprint density at radius 1 is 1.07 bits per heavy atom. The molecule has 0 aliphatic carbocycles. The molecule has 0 bridgehead atoms. The van der Waals surface area contributed by atoms with Crippen molar-refractivity contribution < 1.29 is 19.1 Å². The number of amides is 2. The van der Waals surface area contributed by atoms with E-state index in [0.717, 1.165) is 12.8 Å². The van der Waals surface area contributed by atoms with Gasteiger partial charge in [0, 0.05) is 37.1 Å². The van der Waals surface area contributed by atoms with Crippen LogP contribution in [0.1, 0.15) is 30.1 Å². The Morgan fingerprint density at radius 2 is 1.71 bits per heavy atom. The Balaban J connectivity index is 1.44. The highest BCUT2D eigenvalue weighted by molar-refractivity contribution is 5.94. The third-order valence-corrected chi connectivity index (χ3v) is 4.63. The maximum atomic E-state index is 12.5. The molecule has 1 aliphatic heterocycles. The van der Waals surface area contributed by atoms with Crippen LogP contribution in [0.25, 0.3) is 0 Å². The van der Waals surface area contributed by atoms with Gasteiger partial charge in [-0.05, 0) is 44.0 Å². The average Bonchev–Trinajstić information content (AvgIpc) is 2.74. The highest BCUT2D eigenvalue weighted by Crippen LogP contribution is 2.26. The number of hydrogen-bond donors (Lipinski definition) is 1. The summed E-state index contributed by atoms with van der Waals surface area (Å²) in [4.78, 5) is 30.4. The van der Waals surface area contributed by atoms with Gasteiger partial charge < -0.3 is 19.7 Å². The van der Waals surface area contributed by atoms with Gasteiger partial charge in [0.05, 0.1) is 6.61 Å². The van der Waals surface area contributed by atoms with Gasteiger partial charge >= 0.3 is 0 Å². The van der Waals surface area contributed by atoms with Crippen molar-refractivity contribution >= 4 is 11.8 Å². The molecule has 1 aliphatic rings. The van der Waals surface area contributed by atoms with E-state index in [2.05, 4.69) is 10.3 Å². The number of pyridine rings is 1. The van der Waals surface area contributed by atoms with Gasteiger partial charge in [0.1, 0.15) is 0 Å². The van der Waals surface area contributed by atoms with Crippen molar-refractivity contribution in [3.05, 3.63) is 54.4 Å². The first-order valence-corrected chi connectivity index (χ1v) is 9.50. The maximum Gasteiger partial charge on any atom is 0.260 e. The number of para-hydroxylation sites is 2. The molecule has 1 aromatic carbocycles. The molecule has 0 atom stereocenters. The molecule has 2 amide bonds. The van der Waals surface area contributed by atoms with Crippen molar-refractivity contribution in [2.75, 3.05) is 26.3 Å². The lowest BCUT2D eigenvalue weighted by atomic mass is 10.0. The van der Waals surface area contributed by atoms with Crippen LogP contribution in [-0.4, -0.2) is 54.0 Å². The van der Waals surface area contributed by atoms with E-state index >= 15 is 0 Å². The Kier molecular flexibility index (Phi) is 6.84. The van der Waals surface area contributed by atoms with E-state index in [-0.39, 0.29) is 24.5 Å². The minimum atomic E-state index is -0.108. The lowest BCUT2D eigenvalue weighted by Crippen LogP contribution is -2.47. The number of carbonyl (C=O) groups is 2. The first kappa shape index (κ1) is 19.7. The van der Waals surface area contributed by atoms with E-state index in [1.165, 1.54) is 0 Å². The van der Waals surface area contributed by atoms with Crippen LogP contribution in [0.2, 0.25) is 0 Å². The molecule has 148 valence electrons. The fourth-order valence-corrected chi connectivity index (χ4v) is 3.12. The predicted molar refractivity (Wildman–Crippen MR) is 104 cm³/mol. The summed E-state index contributed by atoms with van der Waals surface area (Å²) >= 11 is 0. The average molecular weight is 383 g/mol. The lowest BCUT2D eigenvalue weighted by molar-refractivity contribution is -0.134. The summed E-state index contributed by atoms with van der Waals surface area (Å²) in [5, 5.41) is 3.02. The molecule has 1 fully saturated rings. The van der Waals surface area contributed by atoms with Gasteiger partial charge in [-0.3, -0.25) is 14.6 Å². The lowest BCUT2D eigenvalue weighted by Gasteiger charge is -2.32. The quantitative estimate of drug-likeness (QED) is 0.793. The van der Waals surface area contributed by atoms with Crippen molar-refractivity contribution in [1.29, 1.82) is 0 Å². The van der Waals surface area contributed by atoms with Gasteiger partial charge in [-0.25, -0.2) is 0 Å². The normalized spacial score (nSPS) is 14.4. The highest BCUT2D eigenvalue weighted by Gasteiger charge is 2.24. The summed E-state index contributed by atoms with van der Waals surface area (Å²) in [7, 11) is 0. The molecule has 0 spiro atoms. The zero-order valence-electron chi connectivity index (χ0n) is 16.0. The molecule has 0 unspecified atom stereocenters. The van der Waals surface area contributed by atoms with Gasteiger partial charge in [0.15, 0.2) is 18.1 Å². The van der Waals surface area contributed by atoms with Crippen molar-refractivity contribution in [3.8, 4) is 11.5 Å². The number of aromatic nitrogens is 1. The molecule has 0 saturated carbocycles. The largest absolute Gasteiger partial charge is 0.490 e. The van der Waals surface area contributed by atoms with Gasteiger partial charge in [0.2, 0.25) is 0 Å². The van der Waals surface area contributed by atoms with E-state index < -0.39 is 0 Å². The van der Waals surface area contributed by atoms with E-state index in [1.54, 1.807) is 35.5 Å². The minimum Gasteiger partial charge on any atom is -0.490 e. The third-order valence-electron chi connectivity index (χ3n) is 4.63. The van der Waals surface area contributed by atoms with E-state index in [9.17, 15) is 9.59 Å². The molecule has 2 aromatic rings. The molecule has 3 rings (SSSR count). The van der Waals surface area contributed by atoms with Crippen molar-refractivity contribution in [1.82, 2.24) is 15.2 Å². The van der Waals surface area contributed by atoms with Crippen LogP contribution in [0.15, 0.2) is 48.8 Å². The summed E-state index contributed by atoms with van der Waals surface area (Å²) < 4.78 is 11.2. The molecular weight excluding hydrogens is 358 g/mol. The summed E-state index contributed by atoms with van der Waals surface area (Å²) in [6.45, 7) is 3.60. The number of piperidine rings is 1. The Hall–Kier alpha value is -3.09. The SMILES string of the molecule is CCOc1ccccc1OCC(=O)N1CCC(NC(=O)c2ccncc2)CC1. The second-order valence-corrected chi connectivity index (χ2v) is 6.53. The topological polar surface area (TPSA) is 80.8 Å². The number of rotatable bonds is 7. The Morgan fingerprint density at radius 3 is 2.36 bits per heavy atom. The maximum absolute atomic E-state index is 12.5. The second kappa shape index (κ2) is 9.73. The van der Waals surface area contributed by atoms with Crippen LogP contribution in [0.5, 0.6) is 11.5 Å². The predicted octanol–water partition coefficient (Wildman–Crippen LogP) is 2.28. The monoisotopic (exact) mass is 383 g/mol. The summed E-state index contributed by atoms with van der Waals surface area (Å²) in [5.74, 6) is 1.03. The molecule has 7 nitrogen and oxygen atoms in total. The zero-order valence-corrected chi connectivity index (χ0v) is 16.0. The summed E-state index contributed by atoms with van der Waals surface area (Å²) in [6.07, 6.45) is 4.63. The summed E-state index contributed by atoms with van der Waals surface area (Å²) in [6, 6.07) is 10.8. The number of nitrogens with zero attached hydrogens (tertiary/aromatic N) is 2. The van der Waals surface area contributed by atoms with Crippen LogP contribution < -0.4 is 14.8 Å². The molecular formula is C21H25N3O4. The number of hydrogen-bond acceptors (Lipinski definition) is 5. The standard InChI is InChI=1S/C21H25N3O4/c1-2-27-18-5-3-4-6-19(18)28-15-20(25)24-13-9-17(10-14-24)23-21(26)16-7-11-22-12-8-16/h3-8,11-12,17H,2,9-10,13-15H2,1H3,(H,23,26). The molecule has 1 aromatic heterocycles. The van der Waals surface area contributed by atoms with Crippen LogP contribution in [0.3, 0.4) is 0 Å². The molecule has 1 saturated heterocycles. The zero-order chi connectivity index (χ0) is 19.8. The van der Waals surface area contributed by atoms with E-state index in [0.29, 0.717) is 36.8 Å². The highest BCUT2D eigenvalue weighted by atomic mass is 16.5. The van der Waals surface area contributed by atoms with Crippen molar-refractivity contribution in [2.24, 2.45) is 0 Å². The van der Waals surface area contributed by atoms with Gasteiger partial charge in [-0.1, -0.05) is 12.1 Å². The van der Waals surface area contributed by atoms with Crippen LogP contribution in [0.4, 0.5) is 0 Å². The Bertz CT molecular complexity index is 789. The first-order chi connectivity index (χ1) is 13.7. The molecule has 2 heterocycles. The van der Waals surface area contributed by atoms with Gasteiger partial charge in [-0.2, -0.15) is 0 Å². The van der Waals surface area contributed by atoms with E-state index in [4.69, 9.17) is 9.47 Å². The number of benzene rings is 1. The molecule has 28 heavy (non-hydrogen) atoms. The van der Waals surface area contributed by atoms with Crippen LogP contribution >= 0.6 is 0 Å². The number of carbonyl (C=O) groups excluding carboxylic acids is 2. The summed E-state index contributed by atoms with van der Waals surface area (Å²) in [5.41, 5.74) is 0.592. The van der Waals surface area contributed by atoms with Crippen LogP contribution in [0, 0.1) is 0 Å². The van der Waals surface area contributed by atoms with Crippen molar-refractivity contribution in [3.63, 3.8) is 0 Å². The van der Waals surface area contributed by atoms with Gasteiger partial charge in [-0.15, -0.1) is 0 Å². The fourth-order valence-electron chi connectivity index (χ4n) is 3.12. The van der Waals surface area contributed by atoms with Crippen LogP contribution in [-0.2, 0) is 4.79 Å². The molecule has 7 heteroatoms. The smallest absolute Gasteiger partial charge is 0.260 e. The number of nitrogens with one attached hydrogen (secondary N) is 1. The molecule has 0 radical (unpaired) electrons. The fraction of sp³-hybridized carbons (Fsp3) is 0.381. The molecule has 1 N–H and O–H groups in total. The second-order valence-electron chi connectivity index (χ2n) is 6.53. The van der Waals surface area contributed by atoms with E-state index in [1.807, 2.05) is 25.1 Å². The number of ether oxygens (including phenoxy) is 2. The Labute approximate surface area is 164 Å². The third kappa shape index (κ3) is 5.22. The van der Waals surface area contributed by atoms with Gasteiger partial charge in [0.25, 0.3) is 11.8 Å². The minimum absolute atomic E-state index is 0.0296.